The van der Waals surface area contributed by atoms with E-state index >= 15 is 0 Å². The zero-order valence-corrected chi connectivity index (χ0v) is 17.8. The van der Waals surface area contributed by atoms with Gasteiger partial charge in [0.15, 0.2) is 0 Å². The fourth-order valence-electron chi connectivity index (χ4n) is 3.67. The summed E-state index contributed by atoms with van der Waals surface area (Å²) < 4.78 is 0. The number of nitrogens with one attached hydrogen (secondary N) is 1. The van der Waals surface area contributed by atoms with Crippen LogP contribution in [0.15, 0.2) is 23.6 Å². The van der Waals surface area contributed by atoms with Crippen molar-refractivity contribution in [2.45, 2.75) is 52.4 Å². The molecular formula is C22H29N3O2S. The average molecular weight is 400 g/mol. The lowest BCUT2D eigenvalue weighted by molar-refractivity contribution is -0.120. The fourth-order valence-corrected chi connectivity index (χ4v) is 4.65. The fraction of sp³-hybridized carbons (Fsp3) is 0.500. The molecular weight excluding hydrogens is 370 g/mol. The summed E-state index contributed by atoms with van der Waals surface area (Å²) in [5, 5.41) is 6.08. The number of hydrogen-bond donors (Lipinski definition) is 1. The zero-order chi connectivity index (χ0) is 20.1. The molecule has 2 aromatic rings. The van der Waals surface area contributed by atoms with E-state index in [-0.39, 0.29) is 11.8 Å². The van der Waals surface area contributed by atoms with Gasteiger partial charge >= 0.3 is 0 Å². The molecule has 5 nitrogen and oxygen atoms in total. The normalized spacial score (nSPS) is 16.8. The Morgan fingerprint density at radius 3 is 2.89 bits per heavy atom. The van der Waals surface area contributed by atoms with Crippen LogP contribution >= 0.6 is 11.3 Å². The Kier molecular flexibility index (Phi) is 6.83. The van der Waals surface area contributed by atoms with E-state index in [1.807, 2.05) is 37.8 Å². The van der Waals surface area contributed by atoms with Gasteiger partial charge in [0.05, 0.1) is 10.7 Å². The first-order valence-corrected chi connectivity index (χ1v) is 10.9. The molecule has 1 aliphatic heterocycles. The molecule has 2 amide bonds. The van der Waals surface area contributed by atoms with E-state index in [0.29, 0.717) is 18.9 Å². The van der Waals surface area contributed by atoms with Crippen LogP contribution in [0.1, 0.15) is 64.3 Å². The van der Waals surface area contributed by atoms with Crippen molar-refractivity contribution in [2.75, 3.05) is 19.6 Å². The van der Waals surface area contributed by atoms with E-state index in [0.717, 1.165) is 54.2 Å². The monoisotopic (exact) mass is 399 g/mol. The van der Waals surface area contributed by atoms with E-state index in [4.69, 9.17) is 4.98 Å². The number of aryl methyl sites for hydroxylation is 2. The first kappa shape index (κ1) is 20.5. The van der Waals surface area contributed by atoms with Crippen molar-refractivity contribution >= 4 is 23.2 Å². The highest BCUT2D eigenvalue weighted by Gasteiger charge is 2.27. The molecule has 0 saturated carbocycles. The third-order valence-corrected chi connectivity index (χ3v) is 6.32. The van der Waals surface area contributed by atoms with E-state index in [1.54, 1.807) is 11.3 Å². The second-order valence-electron chi connectivity index (χ2n) is 7.54. The van der Waals surface area contributed by atoms with Crippen molar-refractivity contribution in [2.24, 2.45) is 0 Å². The van der Waals surface area contributed by atoms with Crippen LogP contribution in [0.4, 0.5) is 0 Å². The second kappa shape index (κ2) is 9.32. The van der Waals surface area contributed by atoms with Crippen LogP contribution in [0.3, 0.4) is 0 Å². The van der Waals surface area contributed by atoms with Crippen molar-refractivity contribution < 1.29 is 9.59 Å². The largest absolute Gasteiger partial charge is 0.356 e. The molecule has 1 fully saturated rings. The van der Waals surface area contributed by atoms with Crippen molar-refractivity contribution in [3.05, 3.63) is 51.0 Å². The van der Waals surface area contributed by atoms with E-state index in [9.17, 15) is 9.59 Å². The summed E-state index contributed by atoms with van der Waals surface area (Å²) in [5.41, 5.74) is 4.04. The molecule has 2 heterocycles. The lowest BCUT2D eigenvalue weighted by atomic mass is 9.97. The summed E-state index contributed by atoms with van der Waals surface area (Å²) in [7, 11) is 0. The maximum Gasteiger partial charge on any atom is 0.254 e. The van der Waals surface area contributed by atoms with Crippen molar-refractivity contribution in [1.29, 1.82) is 0 Å². The number of thiazole rings is 1. The Morgan fingerprint density at radius 1 is 1.32 bits per heavy atom. The number of hydrogen-bond acceptors (Lipinski definition) is 4. The van der Waals surface area contributed by atoms with Gasteiger partial charge in [-0.25, -0.2) is 4.98 Å². The molecule has 0 bridgehead atoms. The molecule has 150 valence electrons. The minimum atomic E-state index is 0.0725. The number of piperidine rings is 1. The van der Waals surface area contributed by atoms with Crippen LogP contribution in [-0.2, 0) is 11.2 Å². The molecule has 1 atom stereocenters. The Labute approximate surface area is 171 Å². The Morgan fingerprint density at radius 2 is 2.14 bits per heavy atom. The lowest BCUT2D eigenvalue weighted by Crippen LogP contribution is -2.39. The quantitative estimate of drug-likeness (QED) is 0.803. The van der Waals surface area contributed by atoms with Gasteiger partial charge in [0.2, 0.25) is 5.91 Å². The third kappa shape index (κ3) is 4.98. The highest BCUT2D eigenvalue weighted by molar-refractivity contribution is 7.09. The zero-order valence-electron chi connectivity index (χ0n) is 17.0. The lowest BCUT2D eigenvalue weighted by Gasteiger charge is -2.32. The molecule has 1 aromatic carbocycles. The van der Waals surface area contributed by atoms with E-state index < -0.39 is 0 Å². The SMILES string of the molecule is CCC(=O)NCCc1csc([C@H]2CCCN(C(=O)c3ccc(C)cc3C)C2)n1. The molecule has 0 radical (unpaired) electrons. The number of likely N-dealkylation sites (tertiary alicyclic amines) is 1. The van der Waals surface area contributed by atoms with E-state index in [2.05, 4.69) is 16.8 Å². The number of amides is 2. The predicted molar refractivity (Wildman–Crippen MR) is 113 cm³/mol. The van der Waals surface area contributed by atoms with Gasteiger partial charge in [0, 0.05) is 49.3 Å². The Balaban J connectivity index is 1.62. The highest BCUT2D eigenvalue weighted by Crippen LogP contribution is 2.30. The maximum absolute atomic E-state index is 13.0. The summed E-state index contributed by atoms with van der Waals surface area (Å²) >= 11 is 1.67. The van der Waals surface area contributed by atoms with Crippen LogP contribution < -0.4 is 5.32 Å². The summed E-state index contributed by atoms with van der Waals surface area (Å²) in [6, 6.07) is 6.02. The molecule has 0 spiro atoms. The minimum absolute atomic E-state index is 0.0725. The van der Waals surface area contributed by atoms with Crippen LogP contribution in [0.5, 0.6) is 0 Å². The number of nitrogens with zero attached hydrogens (tertiary/aromatic N) is 2. The number of carbonyl (C=O) groups is 2. The van der Waals surface area contributed by atoms with Crippen LogP contribution in [0.25, 0.3) is 0 Å². The van der Waals surface area contributed by atoms with Gasteiger partial charge in [-0.1, -0.05) is 24.6 Å². The molecule has 28 heavy (non-hydrogen) atoms. The standard InChI is InChI=1S/C22H29N3O2S/c1-4-20(26)23-10-9-18-14-28-21(24-18)17-6-5-11-25(13-17)22(27)19-8-7-15(2)12-16(19)3/h7-8,12,14,17H,4-6,9-11,13H2,1-3H3,(H,23,26)/t17-/m0/s1. The Hall–Kier alpha value is -2.21. The molecule has 1 aromatic heterocycles. The van der Waals surface area contributed by atoms with Crippen LogP contribution in [0.2, 0.25) is 0 Å². The van der Waals surface area contributed by atoms with Gasteiger partial charge in [-0.3, -0.25) is 9.59 Å². The van der Waals surface area contributed by atoms with Crippen LogP contribution in [0, 0.1) is 13.8 Å². The molecule has 1 saturated heterocycles. The molecule has 1 N–H and O–H groups in total. The number of rotatable bonds is 6. The van der Waals surface area contributed by atoms with Gasteiger partial charge in [0.1, 0.15) is 0 Å². The smallest absolute Gasteiger partial charge is 0.254 e. The highest BCUT2D eigenvalue weighted by atomic mass is 32.1. The van der Waals surface area contributed by atoms with Gasteiger partial charge in [-0.2, -0.15) is 0 Å². The molecule has 0 unspecified atom stereocenters. The van der Waals surface area contributed by atoms with Crippen molar-refractivity contribution in [1.82, 2.24) is 15.2 Å². The van der Waals surface area contributed by atoms with Crippen LogP contribution in [-0.4, -0.2) is 41.3 Å². The summed E-state index contributed by atoms with van der Waals surface area (Å²) in [5.74, 6) is 0.497. The van der Waals surface area contributed by atoms with Crippen molar-refractivity contribution in [3.8, 4) is 0 Å². The number of benzene rings is 1. The van der Waals surface area contributed by atoms with Gasteiger partial charge in [0.25, 0.3) is 5.91 Å². The predicted octanol–water partition coefficient (Wildman–Crippen LogP) is 3.85. The second-order valence-corrected chi connectivity index (χ2v) is 8.43. The summed E-state index contributed by atoms with van der Waals surface area (Å²) in [4.78, 5) is 31.1. The summed E-state index contributed by atoms with van der Waals surface area (Å²) in [6.45, 7) is 8.07. The first-order chi connectivity index (χ1) is 13.5. The van der Waals surface area contributed by atoms with Crippen molar-refractivity contribution in [3.63, 3.8) is 0 Å². The molecule has 0 aliphatic carbocycles. The molecule has 3 rings (SSSR count). The number of carbonyl (C=O) groups excluding carboxylic acids is 2. The maximum atomic E-state index is 13.0. The summed E-state index contributed by atoms with van der Waals surface area (Å²) in [6.07, 6.45) is 3.33. The third-order valence-electron chi connectivity index (χ3n) is 5.26. The van der Waals surface area contributed by atoms with Gasteiger partial charge in [-0.05, 0) is 38.3 Å². The average Bonchev–Trinajstić information content (AvgIpc) is 3.16. The topological polar surface area (TPSA) is 62.3 Å². The van der Waals surface area contributed by atoms with Gasteiger partial charge in [-0.15, -0.1) is 11.3 Å². The molecule has 6 heteroatoms. The minimum Gasteiger partial charge on any atom is -0.356 e. The van der Waals surface area contributed by atoms with E-state index in [1.165, 1.54) is 5.56 Å². The first-order valence-electron chi connectivity index (χ1n) is 10.1. The Bertz CT molecular complexity index is 846. The molecule has 1 aliphatic rings. The van der Waals surface area contributed by atoms with Gasteiger partial charge < -0.3 is 10.2 Å². The number of aromatic nitrogens is 1.